The number of hydrogen-bond acceptors (Lipinski definition) is 5. The molecule has 6 nitrogen and oxygen atoms in total. The van der Waals surface area contributed by atoms with E-state index in [4.69, 9.17) is 14.2 Å². The first-order valence-corrected chi connectivity index (χ1v) is 7.22. The lowest BCUT2D eigenvalue weighted by atomic mass is 10.1. The Labute approximate surface area is 121 Å². The number of piperazine rings is 1. The Morgan fingerprint density at radius 2 is 1.90 bits per heavy atom. The average Bonchev–Trinajstić information content (AvgIpc) is 2.45. The predicted octanol–water partition coefficient (Wildman–Crippen LogP) is 0.217. The average molecular weight is 288 g/mol. The number of carbonyl (C=O) groups excluding carboxylic acids is 1. The van der Waals surface area contributed by atoms with Crippen LogP contribution in [0.2, 0.25) is 0 Å². The summed E-state index contributed by atoms with van der Waals surface area (Å²) in [5.41, 5.74) is 0. The Bertz CT molecular complexity index is 288. The Morgan fingerprint density at radius 3 is 2.50 bits per heavy atom. The van der Waals surface area contributed by atoms with Gasteiger partial charge in [-0.3, -0.25) is 9.69 Å². The van der Waals surface area contributed by atoms with Crippen molar-refractivity contribution in [1.82, 2.24) is 9.80 Å². The van der Waals surface area contributed by atoms with Crippen molar-refractivity contribution in [2.45, 2.75) is 26.0 Å². The smallest absolute Gasteiger partial charge is 0.251 e. The van der Waals surface area contributed by atoms with Crippen LogP contribution in [-0.2, 0) is 19.0 Å². The number of nitrogens with zero attached hydrogens (tertiary/aromatic N) is 2. The quantitative estimate of drug-likeness (QED) is 0.598. The minimum absolute atomic E-state index is 0.0688. The lowest BCUT2D eigenvalue weighted by molar-refractivity contribution is -0.146. The minimum Gasteiger partial charge on any atom is -0.383 e. The molecule has 1 rings (SSSR count). The third-order valence-corrected chi connectivity index (χ3v) is 3.66. The molecule has 1 aliphatic heterocycles. The largest absolute Gasteiger partial charge is 0.383 e. The topological polar surface area (TPSA) is 51.2 Å². The highest BCUT2D eigenvalue weighted by atomic mass is 16.5. The molecule has 0 bridgehead atoms. The van der Waals surface area contributed by atoms with Gasteiger partial charge in [0.25, 0.3) is 5.91 Å². The van der Waals surface area contributed by atoms with E-state index in [1.807, 2.05) is 4.90 Å². The third-order valence-electron chi connectivity index (χ3n) is 3.66. The van der Waals surface area contributed by atoms with E-state index in [0.29, 0.717) is 19.3 Å². The van der Waals surface area contributed by atoms with E-state index in [1.165, 1.54) is 0 Å². The first-order valence-electron chi connectivity index (χ1n) is 7.22. The molecule has 2 unspecified atom stereocenters. The molecule has 0 N–H and O–H groups in total. The van der Waals surface area contributed by atoms with Crippen LogP contribution in [0.3, 0.4) is 0 Å². The number of amides is 1. The van der Waals surface area contributed by atoms with Crippen LogP contribution >= 0.6 is 0 Å². The highest BCUT2D eigenvalue weighted by Crippen LogP contribution is 2.11. The van der Waals surface area contributed by atoms with Crippen LogP contribution in [0.25, 0.3) is 0 Å². The van der Waals surface area contributed by atoms with Gasteiger partial charge in [-0.25, -0.2) is 0 Å². The van der Waals surface area contributed by atoms with Crippen LogP contribution in [0.15, 0.2) is 0 Å². The monoisotopic (exact) mass is 288 g/mol. The Morgan fingerprint density at radius 1 is 1.20 bits per heavy atom. The zero-order valence-electron chi connectivity index (χ0n) is 13.1. The molecule has 0 saturated carbocycles. The van der Waals surface area contributed by atoms with Crippen molar-refractivity contribution in [3.05, 3.63) is 0 Å². The van der Waals surface area contributed by atoms with Gasteiger partial charge in [-0.2, -0.15) is 0 Å². The molecule has 1 heterocycles. The molecular formula is C14H28N2O4. The summed E-state index contributed by atoms with van der Waals surface area (Å²) in [6, 6.07) is 0.356. The van der Waals surface area contributed by atoms with Gasteiger partial charge in [0.05, 0.1) is 19.8 Å². The molecule has 1 amide bonds. The third kappa shape index (κ3) is 5.36. The maximum Gasteiger partial charge on any atom is 0.251 e. The van der Waals surface area contributed by atoms with Crippen molar-refractivity contribution in [1.29, 1.82) is 0 Å². The zero-order valence-corrected chi connectivity index (χ0v) is 13.1. The van der Waals surface area contributed by atoms with E-state index >= 15 is 0 Å². The molecule has 1 fully saturated rings. The molecule has 20 heavy (non-hydrogen) atoms. The second kappa shape index (κ2) is 9.28. The first kappa shape index (κ1) is 17.4. The molecule has 0 aromatic heterocycles. The number of methoxy groups -OCH3 is 2. The van der Waals surface area contributed by atoms with Gasteiger partial charge in [0, 0.05) is 46.4 Å². The lowest BCUT2D eigenvalue weighted by Gasteiger charge is -2.40. The van der Waals surface area contributed by atoms with Crippen LogP contribution in [-0.4, -0.2) is 88.1 Å². The summed E-state index contributed by atoms with van der Waals surface area (Å²) in [5.74, 6) is 0.0688. The van der Waals surface area contributed by atoms with E-state index in [1.54, 1.807) is 21.1 Å². The van der Waals surface area contributed by atoms with Gasteiger partial charge >= 0.3 is 0 Å². The molecular weight excluding hydrogens is 260 g/mol. The molecule has 0 spiro atoms. The van der Waals surface area contributed by atoms with Crippen molar-refractivity contribution in [2.75, 3.05) is 60.2 Å². The van der Waals surface area contributed by atoms with Crippen LogP contribution in [0.5, 0.6) is 0 Å². The first-order chi connectivity index (χ1) is 9.60. The Hall–Kier alpha value is -0.690. The molecule has 1 aliphatic rings. The fourth-order valence-electron chi connectivity index (χ4n) is 2.37. The SMILES string of the molecule is COCCOC(C)C(=O)N1CCN(CCOC)C(C)C1. The Kier molecular flexibility index (Phi) is 8.06. The van der Waals surface area contributed by atoms with Crippen molar-refractivity contribution >= 4 is 5.91 Å². The van der Waals surface area contributed by atoms with Gasteiger partial charge in [0.1, 0.15) is 6.10 Å². The summed E-state index contributed by atoms with van der Waals surface area (Å²) in [6.07, 6.45) is -0.400. The molecule has 118 valence electrons. The van der Waals surface area contributed by atoms with Crippen LogP contribution < -0.4 is 0 Å². The van der Waals surface area contributed by atoms with Crippen LogP contribution in [0, 0.1) is 0 Å². The van der Waals surface area contributed by atoms with Crippen LogP contribution in [0.4, 0.5) is 0 Å². The van der Waals surface area contributed by atoms with E-state index in [-0.39, 0.29) is 5.91 Å². The molecule has 0 radical (unpaired) electrons. The molecule has 6 heteroatoms. The van der Waals surface area contributed by atoms with E-state index in [2.05, 4.69) is 11.8 Å². The van der Waals surface area contributed by atoms with Gasteiger partial charge in [0.2, 0.25) is 0 Å². The van der Waals surface area contributed by atoms with Crippen LogP contribution in [0.1, 0.15) is 13.8 Å². The summed E-state index contributed by atoms with van der Waals surface area (Å²) < 4.78 is 15.5. The summed E-state index contributed by atoms with van der Waals surface area (Å²) >= 11 is 0. The fourth-order valence-corrected chi connectivity index (χ4v) is 2.37. The zero-order chi connectivity index (χ0) is 15.0. The summed E-state index contributed by atoms with van der Waals surface area (Å²) in [4.78, 5) is 16.5. The van der Waals surface area contributed by atoms with Crippen molar-refractivity contribution in [2.24, 2.45) is 0 Å². The van der Waals surface area contributed by atoms with E-state index in [9.17, 15) is 4.79 Å². The van der Waals surface area contributed by atoms with Crippen molar-refractivity contribution in [3.8, 4) is 0 Å². The summed E-state index contributed by atoms with van der Waals surface area (Å²) in [6.45, 7) is 8.96. The maximum absolute atomic E-state index is 12.3. The number of ether oxygens (including phenoxy) is 3. The molecule has 0 aromatic rings. The number of rotatable bonds is 8. The normalized spacial score (nSPS) is 22.0. The second-order valence-electron chi connectivity index (χ2n) is 5.17. The predicted molar refractivity (Wildman–Crippen MR) is 76.8 cm³/mol. The summed E-state index contributed by atoms with van der Waals surface area (Å²) in [7, 11) is 3.33. The fraction of sp³-hybridized carbons (Fsp3) is 0.929. The highest BCUT2D eigenvalue weighted by molar-refractivity contribution is 5.80. The van der Waals surface area contributed by atoms with Gasteiger partial charge < -0.3 is 19.1 Å². The van der Waals surface area contributed by atoms with Gasteiger partial charge in [-0.15, -0.1) is 0 Å². The molecule has 0 aromatic carbocycles. The Balaban J connectivity index is 2.36. The molecule has 1 saturated heterocycles. The lowest BCUT2D eigenvalue weighted by Crippen LogP contribution is -2.56. The van der Waals surface area contributed by atoms with Gasteiger partial charge in [-0.05, 0) is 13.8 Å². The van der Waals surface area contributed by atoms with Gasteiger partial charge in [-0.1, -0.05) is 0 Å². The molecule has 0 aliphatic carbocycles. The number of hydrogen-bond donors (Lipinski definition) is 0. The van der Waals surface area contributed by atoms with E-state index in [0.717, 1.165) is 32.8 Å². The number of carbonyl (C=O) groups is 1. The highest BCUT2D eigenvalue weighted by Gasteiger charge is 2.29. The standard InChI is InChI=1S/C14H28N2O4/c1-12-11-16(6-5-15(12)7-8-18-3)14(17)13(2)20-10-9-19-4/h12-13H,5-11H2,1-4H3. The van der Waals surface area contributed by atoms with Gasteiger partial charge in [0.15, 0.2) is 0 Å². The van der Waals surface area contributed by atoms with Crippen molar-refractivity contribution in [3.63, 3.8) is 0 Å². The van der Waals surface area contributed by atoms with Crippen molar-refractivity contribution < 1.29 is 19.0 Å². The van der Waals surface area contributed by atoms with E-state index < -0.39 is 6.10 Å². The molecule has 2 atom stereocenters. The minimum atomic E-state index is -0.400. The maximum atomic E-state index is 12.3. The second-order valence-corrected chi connectivity index (χ2v) is 5.17. The summed E-state index contributed by atoms with van der Waals surface area (Å²) in [5, 5.41) is 0.